The second kappa shape index (κ2) is 6.62. The minimum atomic E-state index is -0.392. The summed E-state index contributed by atoms with van der Waals surface area (Å²) in [5, 5.41) is 10.3. The highest BCUT2D eigenvalue weighted by molar-refractivity contribution is 6.30. The lowest BCUT2D eigenvalue weighted by molar-refractivity contribution is 0.0941. The van der Waals surface area contributed by atoms with Crippen LogP contribution in [-0.2, 0) is 0 Å². The number of amides is 1. The van der Waals surface area contributed by atoms with Crippen LogP contribution in [0, 0.1) is 6.92 Å². The fourth-order valence-electron chi connectivity index (χ4n) is 2.35. The predicted molar refractivity (Wildman–Crippen MR) is 88.3 cm³/mol. The van der Waals surface area contributed by atoms with Crippen molar-refractivity contribution in [2.45, 2.75) is 13.0 Å². The first kappa shape index (κ1) is 15.2. The Kier molecular flexibility index (Phi) is 4.39. The number of benzene rings is 1. The molecule has 0 saturated carbocycles. The summed E-state index contributed by atoms with van der Waals surface area (Å²) in [5.41, 5.74) is 2.83. The van der Waals surface area contributed by atoms with E-state index in [4.69, 9.17) is 11.6 Å². The molecule has 23 heavy (non-hydrogen) atoms. The van der Waals surface area contributed by atoms with Gasteiger partial charge in [-0.25, -0.2) is 0 Å². The number of H-pyrrole nitrogens is 1. The van der Waals surface area contributed by atoms with Crippen LogP contribution < -0.4 is 5.32 Å². The Hall–Kier alpha value is -2.66. The van der Waals surface area contributed by atoms with Crippen LogP contribution in [0.2, 0.25) is 5.02 Å². The fourth-order valence-corrected chi connectivity index (χ4v) is 2.55. The number of nitrogens with one attached hydrogen (secondary N) is 2. The van der Waals surface area contributed by atoms with Crippen molar-refractivity contribution in [2.24, 2.45) is 0 Å². The first-order valence-electron chi connectivity index (χ1n) is 7.12. The number of halogens is 1. The second-order valence-electron chi connectivity index (χ2n) is 5.12. The molecule has 0 spiro atoms. The summed E-state index contributed by atoms with van der Waals surface area (Å²) in [7, 11) is 0. The number of nitrogens with zero attached hydrogens (tertiary/aromatic N) is 2. The molecule has 1 amide bonds. The van der Waals surface area contributed by atoms with E-state index >= 15 is 0 Å². The lowest BCUT2D eigenvalue weighted by atomic mass is 10.0. The van der Waals surface area contributed by atoms with Crippen LogP contribution in [0.3, 0.4) is 0 Å². The summed E-state index contributed by atoms with van der Waals surface area (Å²) in [6.07, 6.45) is 3.21. The predicted octanol–water partition coefficient (Wildman–Crippen LogP) is 3.29. The van der Waals surface area contributed by atoms with Crippen LogP contribution in [-0.4, -0.2) is 21.1 Å². The van der Waals surface area contributed by atoms with E-state index in [-0.39, 0.29) is 5.91 Å². The molecule has 116 valence electrons. The van der Waals surface area contributed by atoms with E-state index in [9.17, 15) is 4.79 Å². The molecule has 3 rings (SSSR count). The third-order valence-corrected chi connectivity index (χ3v) is 3.75. The molecule has 0 bridgehead atoms. The number of hydrogen-bond acceptors (Lipinski definition) is 3. The molecule has 0 aliphatic carbocycles. The van der Waals surface area contributed by atoms with Gasteiger partial charge in [0, 0.05) is 16.9 Å². The van der Waals surface area contributed by atoms with Gasteiger partial charge in [0.15, 0.2) is 0 Å². The Bertz CT molecular complexity index is 816. The van der Waals surface area contributed by atoms with Crippen molar-refractivity contribution in [1.82, 2.24) is 20.5 Å². The van der Waals surface area contributed by atoms with Gasteiger partial charge in [0.2, 0.25) is 0 Å². The zero-order valence-corrected chi connectivity index (χ0v) is 13.2. The number of pyridine rings is 1. The van der Waals surface area contributed by atoms with Crippen molar-refractivity contribution >= 4 is 17.5 Å². The molecule has 3 aromatic rings. The maximum absolute atomic E-state index is 12.5. The molecule has 0 radical (unpaired) electrons. The molecule has 0 aliphatic heterocycles. The molecule has 2 N–H and O–H groups in total. The van der Waals surface area contributed by atoms with Crippen LogP contribution in [0.25, 0.3) is 0 Å². The SMILES string of the molecule is Cc1[nH]ncc1C(=O)NC(c1cccc(Cl)c1)c1ccccn1. The summed E-state index contributed by atoms with van der Waals surface area (Å²) in [4.78, 5) is 16.9. The summed E-state index contributed by atoms with van der Waals surface area (Å²) < 4.78 is 0. The number of hydrogen-bond donors (Lipinski definition) is 2. The van der Waals surface area contributed by atoms with E-state index in [1.54, 1.807) is 19.2 Å². The Morgan fingerprint density at radius 1 is 1.26 bits per heavy atom. The third-order valence-electron chi connectivity index (χ3n) is 3.52. The highest BCUT2D eigenvalue weighted by Crippen LogP contribution is 2.23. The van der Waals surface area contributed by atoms with Crippen molar-refractivity contribution in [3.8, 4) is 0 Å². The molecule has 2 aromatic heterocycles. The summed E-state index contributed by atoms with van der Waals surface area (Å²) in [6.45, 7) is 1.80. The summed E-state index contributed by atoms with van der Waals surface area (Å²) in [5.74, 6) is -0.216. The Morgan fingerprint density at radius 2 is 2.13 bits per heavy atom. The maximum Gasteiger partial charge on any atom is 0.255 e. The van der Waals surface area contributed by atoms with Gasteiger partial charge < -0.3 is 5.32 Å². The molecule has 0 saturated heterocycles. The standard InChI is InChI=1S/C17H15ClN4O/c1-11-14(10-20-22-11)17(23)21-16(15-7-2-3-8-19-15)12-5-4-6-13(18)9-12/h2-10,16H,1H3,(H,20,22)(H,21,23). The van der Waals surface area contributed by atoms with E-state index in [0.29, 0.717) is 16.3 Å². The number of carbonyl (C=O) groups is 1. The van der Waals surface area contributed by atoms with E-state index < -0.39 is 6.04 Å². The van der Waals surface area contributed by atoms with Crippen LogP contribution in [0.5, 0.6) is 0 Å². The van der Waals surface area contributed by atoms with Gasteiger partial charge in [0.1, 0.15) is 0 Å². The molecule has 2 heterocycles. The molecule has 1 unspecified atom stereocenters. The zero-order valence-electron chi connectivity index (χ0n) is 12.5. The van der Waals surface area contributed by atoms with Gasteiger partial charge in [-0.1, -0.05) is 29.8 Å². The van der Waals surface area contributed by atoms with Gasteiger partial charge in [-0.3, -0.25) is 14.9 Å². The average molecular weight is 327 g/mol. The van der Waals surface area contributed by atoms with Gasteiger partial charge in [0.25, 0.3) is 5.91 Å². The second-order valence-corrected chi connectivity index (χ2v) is 5.56. The summed E-state index contributed by atoms with van der Waals surface area (Å²) in [6, 6.07) is 12.6. The van der Waals surface area contributed by atoms with Gasteiger partial charge >= 0.3 is 0 Å². The van der Waals surface area contributed by atoms with E-state index in [2.05, 4.69) is 20.5 Å². The summed E-state index contributed by atoms with van der Waals surface area (Å²) >= 11 is 6.09. The van der Waals surface area contributed by atoms with E-state index in [1.165, 1.54) is 6.20 Å². The Labute approximate surface area is 138 Å². The van der Waals surface area contributed by atoms with Crippen LogP contribution >= 0.6 is 11.6 Å². The van der Waals surface area contributed by atoms with Gasteiger partial charge in [-0.05, 0) is 36.8 Å². The molecule has 1 aromatic carbocycles. The smallest absolute Gasteiger partial charge is 0.255 e. The van der Waals surface area contributed by atoms with Crippen LogP contribution in [0.1, 0.15) is 33.4 Å². The topological polar surface area (TPSA) is 70.7 Å². The van der Waals surface area contributed by atoms with E-state index in [1.807, 2.05) is 36.4 Å². The van der Waals surface area contributed by atoms with E-state index in [0.717, 1.165) is 11.3 Å². The van der Waals surface area contributed by atoms with Crippen molar-refractivity contribution in [3.05, 3.63) is 82.4 Å². The normalized spacial score (nSPS) is 11.9. The molecule has 0 aliphatic rings. The average Bonchev–Trinajstić information content (AvgIpc) is 2.99. The Balaban J connectivity index is 1.96. The molecule has 1 atom stereocenters. The molecule has 6 heteroatoms. The maximum atomic E-state index is 12.5. The van der Waals surface area contributed by atoms with Crippen LogP contribution in [0.4, 0.5) is 0 Å². The lowest BCUT2D eigenvalue weighted by Crippen LogP contribution is -2.30. The highest BCUT2D eigenvalue weighted by Gasteiger charge is 2.20. The lowest BCUT2D eigenvalue weighted by Gasteiger charge is -2.19. The van der Waals surface area contributed by atoms with Crippen molar-refractivity contribution in [3.63, 3.8) is 0 Å². The minimum absolute atomic E-state index is 0.216. The Morgan fingerprint density at radius 3 is 2.78 bits per heavy atom. The largest absolute Gasteiger partial charge is 0.339 e. The quantitative estimate of drug-likeness (QED) is 0.773. The number of aromatic amines is 1. The van der Waals surface area contributed by atoms with Crippen molar-refractivity contribution in [1.29, 1.82) is 0 Å². The molecular formula is C17H15ClN4O. The number of carbonyl (C=O) groups excluding carboxylic acids is 1. The van der Waals surface area contributed by atoms with Gasteiger partial charge in [-0.15, -0.1) is 0 Å². The first-order valence-corrected chi connectivity index (χ1v) is 7.50. The number of aromatic nitrogens is 3. The highest BCUT2D eigenvalue weighted by atomic mass is 35.5. The minimum Gasteiger partial charge on any atom is -0.339 e. The zero-order chi connectivity index (χ0) is 16.2. The molecule has 5 nitrogen and oxygen atoms in total. The molecule has 0 fully saturated rings. The first-order chi connectivity index (χ1) is 11.1. The monoisotopic (exact) mass is 326 g/mol. The molecular weight excluding hydrogens is 312 g/mol. The van der Waals surface area contributed by atoms with Gasteiger partial charge in [-0.2, -0.15) is 5.10 Å². The van der Waals surface area contributed by atoms with Gasteiger partial charge in [0.05, 0.1) is 23.5 Å². The number of rotatable bonds is 4. The number of aryl methyl sites for hydroxylation is 1. The third kappa shape index (κ3) is 3.40. The van der Waals surface area contributed by atoms with Crippen molar-refractivity contribution in [2.75, 3.05) is 0 Å². The van der Waals surface area contributed by atoms with Crippen molar-refractivity contribution < 1.29 is 4.79 Å². The van der Waals surface area contributed by atoms with Crippen LogP contribution in [0.15, 0.2) is 54.9 Å². The fraction of sp³-hybridized carbons (Fsp3) is 0.118.